The highest BCUT2D eigenvalue weighted by molar-refractivity contribution is 8.15. The molecule has 0 aliphatic heterocycles. The Morgan fingerprint density at radius 1 is 1.12 bits per heavy atom. The monoisotopic (exact) mass is 567 g/mol. The maximum atomic E-state index is 14.0. The van der Waals surface area contributed by atoms with Gasteiger partial charge in [-0.1, -0.05) is 12.3 Å². The van der Waals surface area contributed by atoms with Crippen molar-refractivity contribution in [3.05, 3.63) is 58.3 Å². The molecule has 1 N–H and O–H groups in total. The van der Waals surface area contributed by atoms with Gasteiger partial charge in [-0.05, 0) is 63.8 Å². The SMILES string of the molecule is C/C=S(/CC)c1ccc(CNc2nc3cnc(-c4c(C)ncnc4C4CC4)nc3n(C3CCC[C@@H]3C#N)c2=O)nc1. The van der Waals surface area contributed by atoms with Crippen LogP contribution in [0.3, 0.4) is 0 Å². The van der Waals surface area contributed by atoms with Crippen molar-refractivity contribution < 1.29 is 0 Å². The maximum Gasteiger partial charge on any atom is 0.295 e. The minimum Gasteiger partial charge on any atom is -0.360 e. The van der Waals surface area contributed by atoms with Crippen molar-refractivity contribution in [1.82, 2.24) is 34.5 Å². The van der Waals surface area contributed by atoms with E-state index in [0.29, 0.717) is 29.5 Å². The summed E-state index contributed by atoms with van der Waals surface area (Å²) >= 11 is 0. The first-order valence-electron chi connectivity index (χ1n) is 14.2. The van der Waals surface area contributed by atoms with Gasteiger partial charge in [0.2, 0.25) is 0 Å². The number of nitriles is 1. The molecule has 0 amide bonds. The molecule has 0 bridgehead atoms. The molecule has 10 nitrogen and oxygen atoms in total. The van der Waals surface area contributed by atoms with Crippen LogP contribution in [0.25, 0.3) is 22.6 Å². The normalized spacial score (nSPS) is 19.4. The molecule has 0 saturated heterocycles. The molecule has 2 aliphatic rings. The van der Waals surface area contributed by atoms with Gasteiger partial charge in [-0.15, -0.1) is 0 Å². The quantitative estimate of drug-likeness (QED) is 0.286. The first kappa shape index (κ1) is 27.1. The van der Waals surface area contributed by atoms with E-state index in [0.717, 1.165) is 60.5 Å². The van der Waals surface area contributed by atoms with Gasteiger partial charge in [0.15, 0.2) is 17.3 Å². The number of fused-ring (bicyclic) bond motifs is 1. The summed E-state index contributed by atoms with van der Waals surface area (Å²) in [6, 6.07) is 6.22. The second-order valence-corrected chi connectivity index (χ2v) is 12.9. The predicted molar refractivity (Wildman–Crippen MR) is 161 cm³/mol. The molecule has 2 aliphatic carbocycles. The molecular weight excluding hydrogens is 534 g/mol. The zero-order valence-corrected chi connectivity index (χ0v) is 24.4. The Balaban J connectivity index is 1.41. The lowest BCUT2D eigenvalue weighted by Gasteiger charge is -2.20. The van der Waals surface area contributed by atoms with Crippen LogP contribution in [0, 0.1) is 24.2 Å². The average Bonchev–Trinajstić information content (AvgIpc) is 3.74. The summed E-state index contributed by atoms with van der Waals surface area (Å²) in [7, 11) is 0.0814. The third kappa shape index (κ3) is 5.24. The molecule has 0 radical (unpaired) electrons. The number of hydrogen-bond acceptors (Lipinski definition) is 9. The van der Waals surface area contributed by atoms with Crippen molar-refractivity contribution >= 4 is 32.8 Å². The van der Waals surface area contributed by atoms with Crippen molar-refractivity contribution in [3.63, 3.8) is 0 Å². The summed E-state index contributed by atoms with van der Waals surface area (Å²) in [5.74, 6) is 1.84. The zero-order chi connectivity index (χ0) is 28.5. The number of nitrogens with zero attached hydrogens (tertiary/aromatic N) is 8. The summed E-state index contributed by atoms with van der Waals surface area (Å²) in [6.07, 6.45) is 9.68. The highest BCUT2D eigenvalue weighted by Gasteiger charge is 2.33. The van der Waals surface area contributed by atoms with Gasteiger partial charge in [-0.3, -0.25) is 14.3 Å². The molecule has 0 spiro atoms. The molecule has 11 heteroatoms. The van der Waals surface area contributed by atoms with Gasteiger partial charge in [0.05, 0.1) is 53.4 Å². The molecule has 2 unspecified atom stereocenters. The van der Waals surface area contributed by atoms with Crippen molar-refractivity contribution in [2.75, 3.05) is 11.1 Å². The first-order valence-corrected chi connectivity index (χ1v) is 15.7. The first-order chi connectivity index (χ1) is 20.0. The topological polar surface area (TPSA) is 135 Å². The lowest BCUT2D eigenvalue weighted by molar-refractivity contribution is 0.447. The Bertz CT molecular complexity index is 1740. The van der Waals surface area contributed by atoms with Crippen molar-refractivity contribution in [2.45, 2.75) is 76.3 Å². The molecule has 6 rings (SSSR count). The molecule has 41 heavy (non-hydrogen) atoms. The van der Waals surface area contributed by atoms with Gasteiger partial charge >= 0.3 is 0 Å². The maximum absolute atomic E-state index is 14.0. The molecule has 4 aromatic rings. The standard InChI is InChI=1S/C30H33N9OS/c1-4-41(5-2)22-12-11-21(32-15-22)14-33-28-30(40)39(24-8-6-7-20(24)13-31)29-23(37-28)16-34-27(38-29)25-18(3)35-17-36-26(25)19-9-10-19/h4,11-12,15-17,19-20,24H,5-10,14H2,1-3H3,(H,33,37)/t20-,24?,41?/m1/s1. The number of hydrogen-bond donors (Lipinski definition) is 1. The van der Waals surface area contributed by atoms with Crippen LogP contribution in [0.15, 0.2) is 40.5 Å². The Morgan fingerprint density at radius 2 is 1.98 bits per heavy atom. The molecule has 0 aromatic carbocycles. The van der Waals surface area contributed by atoms with Crippen LogP contribution in [0.5, 0.6) is 0 Å². The fourth-order valence-corrected chi connectivity index (χ4v) is 7.06. The van der Waals surface area contributed by atoms with Crippen molar-refractivity contribution in [2.24, 2.45) is 5.92 Å². The highest BCUT2D eigenvalue weighted by atomic mass is 32.2. The van der Waals surface area contributed by atoms with E-state index in [4.69, 9.17) is 4.98 Å². The number of nitrogens with one attached hydrogen (secondary N) is 1. The lowest BCUT2D eigenvalue weighted by Crippen LogP contribution is -2.31. The number of anilines is 1. The molecule has 2 fully saturated rings. The summed E-state index contributed by atoms with van der Waals surface area (Å²) in [5, 5.41) is 15.3. The van der Waals surface area contributed by atoms with Crippen LogP contribution in [0.4, 0.5) is 5.82 Å². The predicted octanol–water partition coefficient (Wildman–Crippen LogP) is 5.17. The third-order valence-electron chi connectivity index (χ3n) is 8.00. The minimum absolute atomic E-state index is 0.0814. The smallest absolute Gasteiger partial charge is 0.295 e. The second kappa shape index (κ2) is 11.4. The van der Waals surface area contributed by atoms with E-state index in [9.17, 15) is 10.1 Å². The Labute approximate surface area is 241 Å². The van der Waals surface area contributed by atoms with E-state index in [1.54, 1.807) is 17.1 Å². The van der Waals surface area contributed by atoms with Crippen LogP contribution < -0.4 is 10.9 Å². The largest absolute Gasteiger partial charge is 0.360 e. The highest BCUT2D eigenvalue weighted by Crippen LogP contribution is 2.43. The number of aromatic nitrogens is 7. The summed E-state index contributed by atoms with van der Waals surface area (Å²) < 4.78 is 1.67. The fourth-order valence-electron chi connectivity index (χ4n) is 5.69. The van der Waals surface area contributed by atoms with Crippen LogP contribution >= 0.6 is 10.5 Å². The molecule has 3 atom stereocenters. The fraction of sp³-hybridized carbons (Fsp3) is 0.433. The van der Waals surface area contributed by atoms with Gasteiger partial charge in [-0.2, -0.15) is 15.7 Å². The van der Waals surface area contributed by atoms with Crippen LogP contribution in [0.1, 0.15) is 75.0 Å². The van der Waals surface area contributed by atoms with Crippen molar-refractivity contribution in [3.8, 4) is 17.5 Å². The van der Waals surface area contributed by atoms with E-state index in [2.05, 4.69) is 61.6 Å². The van der Waals surface area contributed by atoms with Crippen LogP contribution in [0.2, 0.25) is 0 Å². The number of rotatable bonds is 8. The van der Waals surface area contributed by atoms with Crippen molar-refractivity contribution in [1.29, 1.82) is 5.26 Å². The minimum atomic E-state index is -0.289. The van der Waals surface area contributed by atoms with Gasteiger partial charge < -0.3 is 5.32 Å². The average molecular weight is 568 g/mol. The number of pyridine rings is 1. The zero-order valence-electron chi connectivity index (χ0n) is 23.5. The van der Waals surface area contributed by atoms with E-state index >= 15 is 0 Å². The third-order valence-corrected chi connectivity index (χ3v) is 10.0. The number of aryl methyl sites for hydroxylation is 1. The Hall–Kier alpha value is -4.04. The Morgan fingerprint density at radius 3 is 2.68 bits per heavy atom. The molecular formula is C30H33N9OS. The summed E-state index contributed by atoms with van der Waals surface area (Å²) in [4.78, 5) is 43.0. The van der Waals surface area contributed by atoms with Gasteiger partial charge in [-0.25, -0.2) is 24.9 Å². The molecule has 210 valence electrons. The van der Waals surface area contributed by atoms with E-state index < -0.39 is 0 Å². The summed E-state index contributed by atoms with van der Waals surface area (Å²) in [5.41, 5.74) is 4.03. The molecule has 4 aromatic heterocycles. The summed E-state index contributed by atoms with van der Waals surface area (Å²) in [6.45, 7) is 6.53. The van der Waals surface area contributed by atoms with Gasteiger partial charge in [0.25, 0.3) is 5.56 Å². The van der Waals surface area contributed by atoms with Gasteiger partial charge in [0, 0.05) is 17.0 Å². The molecule has 2 saturated carbocycles. The van der Waals surface area contributed by atoms with Gasteiger partial charge in [0.1, 0.15) is 11.8 Å². The van der Waals surface area contributed by atoms with Crippen LogP contribution in [-0.4, -0.2) is 45.6 Å². The van der Waals surface area contributed by atoms with E-state index in [1.807, 2.05) is 19.2 Å². The van der Waals surface area contributed by atoms with Crippen LogP contribution in [-0.2, 0) is 6.54 Å². The van der Waals surface area contributed by atoms with E-state index in [1.165, 1.54) is 4.90 Å². The molecule has 4 heterocycles. The lowest BCUT2D eigenvalue weighted by atomic mass is 10.1. The Kier molecular flexibility index (Phi) is 7.58. The second-order valence-electron chi connectivity index (χ2n) is 10.6. The van der Waals surface area contributed by atoms with E-state index in [-0.39, 0.29) is 33.8 Å².